The van der Waals surface area contributed by atoms with Crippen molar-refractivity contribution in [2.75, 3.05) is 12.8 Å². The fourth-order valence-corrected chi connectivity index (χ4v) is 2.93. The van der Waals surface area contributed by atoms with Crippen LogP contribution in [-0.4, -0.2) is 40.2 Å². The number of nitrogens with one attached hydrogen (secondary N) is 1. The molecule has 3 aromatic rings. The third-order valence-electron chi connectivity index (χ3n) is 4.25. The van der Waals surface area contributed by atoms with E-state index in [1.54, 1.807) is 6.07 Å². The highest BCUT2D eigenvalue weighted by Gasteiger charge is 2.28. The number of aromatic nitrogens is 1. The maximum atomic E-state index is 12.2. The SMILES string of the molecule is COC(=O)c1ccc(COc2ccccc2-c2c(C(=O)O)c(N)[nH]c(=O)c2C(=O)O)o1. The lowest BCUT2D eigenvalue weighted by Crippen LogP contribution is -2.24. The van der Waals surface area contributed by atoms with Gasteiger partial charge in [0.25, 0.3) is 5.56 Å². The highest BCUT2D eigenvalue weighted by Crippen LogP contribution is 2.36. The second-order valence-electron chi connectivity index (χ2n) is 6.15. The third-order valence-corrected chi connectivity index (χ3v) is 4.25. The number of carboxylic acids is 2. The van der Waals surface area contributed by atoms with Crippen molar-refractivity contribution >= 4 is 23.7 Å². The molecule has 0 radical (unpaired) electrons. The molecule has 0 amide bonds. The van der Waals surface area contributed by atoms with Crippen LogP contribution in [0.2, 0.25) is 0 Å². The molecule has 0 aliphatic heterocycles. The molecule has 2 heterocycles. The van der Waals surface area contributed by atoms with Gasteiger partial charge in [-0.2, -0.15) is 0 Å². The Labute approximate surface area is 173 Å². The minimum Gasteiger partial charge on any atom is -0.485 e. The summed E-state index contributed by atoms with van der Waals surface area (Å²) in [5.41, 5.74) is 2.84. The maximum absolute atomic E-state index is 12.2. The van der Waals surface area contributed by atoms with Crippen LogP contribution >= 0.6 is 0 Å². The molecule has 0 saturated carbocycles. The number of esters is 1. The molecule has 0 bridgehead atoms. The number of aromatic amines is 1. The van der Waals surface area contributed by atoms with Gasteiger partial charge in [-0.1, -0.05) is 18.2 Å². The Bertz CT molecular complexity index is 1240. The number of aromatic carboxylic acids is 2. The number of carbonyl (C=O) groups excluding carboxylic acids is 1. The van der Waals surface area contributed by atoms with E-state index in [2.05, 4.69) is 4.74 Å². The highest BCUT2D eigenvalue weighted by atomic mass is 16.5. The predicted molar refractivity (Wildman–Crippen MR) is 105 cm³/mol. The summed E-state index contributed by atoms with van der Waals surface area (Å²) in [4.78, 5) is 49.3. The molecule has 0 saturated heterocycles. The smallest absolute Gasteiger partial charge is 0.373 e. The Balaban J connectivity index is 2.09. The van der Waals surface area contributed by atoms with E-state index in [-0.39, 0.29) is 29.4 Å². The molecule has 3 rings (SSSR count). The number of hydrogen-bond acceptors (Lipinski definition) is 8. The molecule has 31 heavy (non-hydrogen) atoms. The van der Waals surface area contributed by atoms with Crippen LogP contribution in [-0.2, 0) is 11.3 Å². The van der Waals surface area contributed by atoms with Crippen LogP contribution in [0.15, 0.2) is 45.6 Å². The highest BCUT2D eigenvalue weighted by molar-refractivity contribution is 6.08. The van der Waals surface area contributed by atoms with Gasteiger partial charge in [-0.15, -0.1) is 0 Å². The zero-order valence-corrected chi connectivity index (χ0v) is 16.0. The number of carboxylic acid groups (broad SMARTS) is 2. The van der Waals surface area contributed by atoms with Crippen LogP contribution in [0.1, 0.15) is 37.0 Å². The van der Waals surface area contributed by atoms with Crippen molar-refractivity contribution in [2.45, 2.75) is 6.61 Å². The van der Waals surface area contributed by atoms with Crippen molar-refractivity contribution in [1.29, 1.82) is 0 Å². The fourth-order valence-electron chi connectivity index (χ4n) is 2.93. The van der Waals surface area contributed by atoms with E-state index in [9.17, 15) is 29.4 Å². The summed E-state index contributed by atoms with van der Waals surface area (Å²) >= 11 is 0. The predicted octanol–water partition coefficient (Wildman–Crippen LogP) is 1.98. The van der Waals surface area contributed by atoms with Gasteiger partial charge < -0.3 is 34.8 Å². The van der Waals surface area contributed by atoms with Gasteiger partial charge in [0.15, 0.2) is 0 Å². The summed E-state index contributed by atoms with van der Waals surface area (Å²) in [7, 11) is 1.20. The molecule has 1 aromatic carbocycles. The van der Waals surface area contributed by atoms with Gasteiger partial charge in [-0.3, -0.25) is 4.79 Å². The van der Waals surface area contributed by atoms with E-state index in [1.807, 2.05) is 4.98 Å². The molecule has 11 heteroatoms. The number of H-pyrrole nitrogens is 1. The van der Waals surface area contributed by atoms with Crippen molar-refractivity contribution in [2.24, 2.45) is 0 Å². The molecular formula is C20H16N2O9. The second-order valence-corrected chi connectivity index (χ2v) is 6.15. The van der Waals surface area contributed by atoms with Crippen molar-refractivity contribution < 1.29 is 38.5 Å². The fraction of sp³-hybridized carbons (Fsp3) is 0.100. The van der Waals surface area contributed by atoms with Crippen LogP contribution in [0.25, 0.3) is 11.1 Å². The molecule has 11 nitrogen and oxygen atoms in total. The Morgan fingerprint density at radius 1 is 1.06 bits per heavy atom. The van der Waals surface area contributed by atoms with E-state index in [0.29, 0.717) is 0 Å². The van der Waals surface area contributed by atoms with Crippen molar-refractivity contribution in [1.82, 2.24) is 4.98 Å². The normalized spacial score (nSPS) is 10.5. The molecular weight excluding hydrogens is 412 g/mol. The van der Waals surface area contributed by atoms with E-state index in [0.717, 1.165) is 0 Å². The summed E-state index contributed by atoms with van der Waals surface area (Å²) in [6, 6.07) is 8.79. The van der Waals surface area contributed by atoms with Crippen LogP contribution in [0.4, 0.5) is 5.82 Å². The first-order valence-corrected chi connectivity index (χ1v) is 8.66. The van der Waals surface area contributed by atoms with Gasteiger partial charge in [0.2, 0.25) is 5.76 Å². The molecule has 0 fully saturated rings. The van der Waals surface area contributed by atoms with Crippen LogP contribution in [0.5, 0.6) is 5.75 Å². The lowest BCUT2D eigenvalue weighted by Gasteiger charge is -2.15. The van der Waals surface area contributed by atoms with Crippen LogP contribution in [0, 0.1) is 0 Å². The molecule has 160 valence electrons. The molecule has 0 aliphatic rings. The Morgan fingerprint density at radius 3 is 2.39 bits per heavy atom. The van der Waals surface area contributed by atoms with E-state index < -0.39 is 46.0 Å². The minimum absolute atomic E-state index is 0.0230. The quantitative estimate of drug-likeness (QED) is 0.406. The first-order chi connectivity index (χ1) is 14.7. The number of rotatable bonds is 7. The Hall–Kier alpha value is -4.54. The van der Waals surface area contributed by atoms with E-state index in [4.69, 9.17) is 14.9 Å². The molecule has 5 N–H and O–H groups in total. The van der Waals surface area contributed by atoms with Crippen molar-refractivity contribution in [3.63, 3.8) is 0 Å². The average molecular weight is 428 g/mol. The number of anilines is 1. The summed E-state index contributed by atoms with van der Waals surface area (Å²) in [6.07, 6.45) is 0. The number of pyridine rings is 1. The maximum Gasteiger partial charge on any atom is 0.373 e. The first kappa shape index (κ1) is 21.2. The number of hydrogen-bond donors (Lipinski definition) is 4. The monoisotopic (exact) mass is 428 g/mol. The summed E-state index contributed by atoms with van der Waals surface area (Å²) in [5, 5.41) is 19.1. The first-order valence-electron chi connectivity index (χ1n) is 8.66. The number of nitrogen functional groups attached to an aromatic ring is 1. The van der Waals surface area contributed by atoms with Crippen LogP contribution in [0.3, 0.4) is 0 Å². The van der Waals surface area contributed by atoms with Crippen molar-refractivity contribution in [3.8, 4) is 16.9 Å². The largest absolute Gasteiger partial charge is 0.485 e. The average Bonchev–Trinajstić information content (AvgIpc) is 3.19. The second kappa shape index (κ2) is 8.45. The molecule has 0 unspecified atom stereocenters. The van der Waals surface area contributed by atoms with Crippen LogP contribution < -0.4 is 16.0 Å². The summed E-state index contributed by atoms with van der Waals surface area (Å²) < 4.78 is 15.5. The molecule has 0 atom stereocenters. The number of para-hydroxylation sites is 1. The third kappa shape index (κ3) is 4.10. The van der Waals surface area contributed by atoms with Gasteiger partial charge in [0, 0.05) is 11.1 Å². The van der Waals surface area contributed by atoms with E-state index >= 15 is 0 Å². The minimum atomic E-state index is -1.64. The van der Waals surface area contributed by atoms with Gasteiger partial charge in [0.1, 0.15) is 35.1 Å². The van der Waals surface area contributed by atoms with Gasteiger partial charge in [-0.05, 0) is 18.2 Å². The summed E-state index contributed by atoms with van der Waals surface area (Å²) in [6.45, 7) is -0.183. The van der Waals surface area contributed by atoms with Gasteiger partial charge in [-0.25, -0.2) is 14.4 Å². The van der Waals surface area contributed by atoms with E-state index in [1.165, 1.54) is 37.4 Å². The molecule has 0 aliphatic carbocycles. The number of ether oxygens (including phenoxy) is 2. The number of nitrogens with two attached hydrogens (primary N) is 1. The summed E-state index contributed by atoms with van der Waals surface area (Å²) in [5.74, 6) is -4.08. The topological polar surface area (TPSA) is 182 Å². The van der Waals surface area contributed by atoms with Gasteiger partial charge >= 0.3 is 17.9 Å². The Morgan fingerprint density at radius 2 is 1.74 bits per heavy atom. The molecule has 2 aromatic heterocycles. The zero-order valence-electron chi connectivity index (χ0n) is 16.0. The lowest BCUT2D eigenvalue weighted by molar-refractivity contribution is 0.0559. The van der Waals surface area contributed by atoms with Crippen molar-refractivity contribution in [3.05, 3.63) is 69.4 Å². The Kier molecular flexibility index (Phi) is 5.77. The standard InChI is InChI=1S/C20H16N2O9/c1-29-20(28)12-7-6-9(31-12)8-30-11-5-3-2-4-10(11)13-14(18(24)25)16(21)22-17(23)15(13)19(26)27/h2-7H,8H2,1H3,(H,24,25)(H,26,27)(H3,21,22,23). The number of methoxy groups -OCH3 is 1. The molecule has 0 spiro atoms. The number of carbonyl (C=O) groups is 3. The van der Waals surface area contributed by atoms with Gasteiger partial charge in [0.05, 0.1) is 7.11 Å². The zero-order chi connectivity index (χ0) is 22.7. The number of furan rings is 1. The lowest BCUT2D eigenvalue weighted by atomic mass is 9.94. The number of benzene rings is 1.